The summed E-state index contributed by atoms with van der Waals surface area (Å²) in [5, 5.41) is 1.44. The summed E-state index contributed by atoms with van der Waals surface area (Å²) in [6, 6.07) is 7.40. The van der Waals surface area contributed by atoms with E-state index in [0.29, 0.717) is 11.9 Å². The van der Waals surface area contributed by atoms with Crippen molar-refractivity contribution in [3.05, 3.63) is 52.4 Å². The Morgan fingerprint density at radius 2 is 2.09 bits per heavy atom. The number of hydrogen-bond donors (Lipinski definition) is 0. The van der Waals surface area contributed by atoms with Crippen LogP contribution in [-0.4, -0.2) is 22.1 Å². The molecule has 0 N–H and O–H groups in total. The molecule has 0 atom stereocenters. The number of esters is 1. The van der Waals surface area contributed by atoms with Crippen molar-refractivity contribution in [2.45, 2.75) is 20.4 Å². The van der Waals surface area contributed by atoms with Gasteiger partial charge in [0.1, 0.15) is 5.56 Å². The molecule has 5 heteroatoms. The lowest BCUT2D eigenvalue weighted by Crippen LogP contribution is -2.21. The summed E-state index contributed by atoms with van der Waals surface area (Å²) in [5.41, 5.74) is 1.25. The average molecular weight is 296 g/mol. The Morgan fingerprint density at radius 3 is 2.82 bits per heavy atom. The number of fused-ring (bicyclic) bond motifs is 3. The van der Waals surface area contributed by atoms with E-state index in [9.17, 15) is 9.59 Å². The van der Waals surface area contributed by atoms with Crippen LogP contribution in [0, 0.1) is 0 Å². The third-order valence-electron chi connectivity index (χ3n) is 3.65. The van der Waals surface area contributed by atoms with Crippen LogP contribution in [0.2, 0.25) is 0 Å². The summed E-state index contributed by atoms with van der Waals surface area (Å²) >= 11 is 0. The highest BCUT2D eigenvalue weighted by Gasteiger charge is 2.17. The number of nitrogens with zero attached hydrogens (tertiary/aromatic N) is 2. The van der Waals surface area contributed by atoms with Gasteiger partial charge in [-0.1, -0.05) is 12.1 Å². The van der Waals surface area contributed by atoms with E-state index in [1.807, 2.05) is 29.7 Å². The van der Waals surface area contributed by atoms with Crippen molar-refractivity contribution in [2.24, 2.45) is 0 Å². The highest BCUT2D eigenvalue weighted by Crippen LogP contribution is 2.22. The molecule has 0 saturated carbocycles. The second kappa shape index (κ2) is 5.60. The van der Waals surface area contributed by atoms with Crippen molar-refractivity contribution < 1.29 is 9.53 Å². The normalized spacial score (nSPS) is 11.0. The van der Waals surface area contributed by atoms with Crippen molar-refractivity contribution in [2.75, 3.05) is 6.61 Å². The van der Waals surface area contributed by atoms with Crippen LogP contribution < -0.4 is 5.43 Å². The van der Waals surface area contributed by atoms with Gasteiger partial charge in [0.25, 0.3) is 0 Å². The van der Waals surface area contributed by atoms with Crippen molar-refractivity contribution in [3.63, 3.8) is 0 Å². The number of ether oxygens (including phenoxy) is 1. The first kappa shape index (κ1) is 14.3. The Labute approximate surface area is 127 Å². The number of aromatic nitrogens is 2. The van der Waals surface area contributed by atoms with Gasteiger partial charge in [-0.05, 0) is 26.0 Å². The maximum atomic E-state index is 12.6. The van der Waals surface area contributed by atoms with Gasteiger partial charge in [0.05, 0.1) is 17.6 Å². The molecule has 0 aliphatic heterocycles. The lowest BCUT2D eigenvalue weighted by Gasteiger charge is -2.12. The van der Waals surface area contributed by atoms with Crippen LogP contribution in [0.15, 0.2) is 41.5 Å². The minimum atomic E-state index is -0.585. The quantitative estimate of drug-likeness (QED) is 0.551. The van der Waals surface area contributed by atoms with E-state index < -0.39 is 5.97 Å². The van der Waals surface area contributed by atoms with E-state index >= 15 is 0 Å². The standard InChI is InChI=1S/C17H16N2O3/c1-3-19-10-13(17(21)22-4-2)16(20)12-8-7-11-6-5-9-18-14(11)15(12)19/h5-10H,3-4H2,1-2H3. The van der Waals surface area contributed by atoms with Gasteiger partial charge in [-0.25, -0.2) is 4.79 Å². The molecule has 1 aromatic carbocycles. The number of benzene rings is 1. The molecule has 112 valence electrons. The van der Waals surface area contributed by atoms with Crippen molar-refractivity contribution in [1.29, 1.82) is 0 Å². The van der Waals surface area contributed by atoms with Crippen LogP contribution in [0.5, 0.6) is 0 Å². The van der Waals surface area contributed by atoms with Crippen molar-refractivity contribution >= 4 is 27.8 Å². The fraction of sp³-hybridized carbons (Fsp3) is 0.235. The Bertz CT molecular complexity index is 928. The van der Waals surface area contributed by atoms with Crippen LogP contribution in [0.4, 0.5) is 0 Å². The summed E-state index contributed by atoms with van der Waals surface area (Å²) in [6.45, 7) is 4.54. The SMILES string of the molecule is CCOC(=O)c1cn(CC)c2c(ccc3cccnc32)c1=O. The van der Waals surface area contributed by atoms with Gasteiger partial charge in [0.2, 0.25) is 5.43 Å². The van der Waals surface area contributed by atoms with Gasteiger partial charge in [-0.15, -0.1) is 0 Å². The van der Waals surface area contributed by atoms with Gasteiger partial charge in [0, 0.05) is 29.7 Å². The molecule has 2 heterocycles. The second-order valence-corrected chi connectivity index (χ2v) is 4.92. The summed E-state index contributed by atoms with van der Waals surface area (Å²) in [5.74, 6) is -0.585. The zero-order chi connectivity index (χ0) is 15.7. The summed E-state index contributed by atoms with van der Waals surface area (Å²) in [6.07, 6.45) is 3.27. The molecule has 0 aliphatic carbocycles. The predicted octanol–water partition coefficient (Wildman–Crippen LogP) is 2.75. The number of carbonyl (C=O) groups excluding carboxylic acids is 1. The molecule has 0 saturated heterocycles. The summed E-state index contributed by atoms with van der Waals surface area (Å²) in [4.78, 5) is 29.0. The van der Waals surface area contributed by atoms with Crippen LogP contribution in [0.25, 0.3) is 21.8 Å². The van der Waals surface area contributed by atoms with E-state index in [1.165, 1.54) is 0 Å². The molecule has 5 nitrogen and oxygen atoms in total. The highest BCUT2D eigenvalue weighted by atomic mass is 16.5. The first-order valence-corrected chi connectivity index (χ1v) is 7.25. The van der Waals surface area contributed by atoms with E-state index in [0.717, 1.165) is 16.4 Å². The van der Waals surface area contributed by atoms with Crippen molar-refractivity contribution in [3.8, 4) is 0 Å². The number of rotatable bonds is 3. The van der Waals surface area contributed by atoms with Crippen LogP contribution in [-0.2, 0) is 11.3 Å². The maximum absolute atomic E-state index is 12.6. The molecular formula is C17H16N2O3. The molecule has 3 aromatic rings. The number of carbonyl (C=O) groups is 1. The molecule has 0 unspecified atom stereocenters. The minimum Gasteiger partial charge on any atom is -0.462 e. The molecule has 3 rings (SSSR count). The molecule has 22 heavy (non-hydrogen) atoms. The van der Waals surface area contributed by atoms with Gasteiger partial charge in [0.15, 0.2) is 0 Å². The average Bonchev–Trinajstić information content (AvgIpc) is 2.55. The Morgan fingerprint density at radius 1 is 1.27 bits per heavy atom. The molecule has 0 spiro atoms. The molecule has 0 bridgehead atoms. The lowest BCUT2D eigenvalue weighted by molar-refractivity contribution is 0.0524. The van der Waals surface area contributed by atoms with Gasteiger partial charge in [-0.3, -0.25) is 9.78 Å². The minimum absolute atomic E-state index is 0.0616. The molecule has 0 aliphatic rings. The Balaban J connectivity index is 2.42. The lowest BCUT2D eigenvalue weighted by atomic mass is 10.1. The highest BCUT2D eigenvalue weighted by molar-refractivity contribution is 6.05. The fourth-order valence-electron chi connectivity index (χ4n) is 2.63. The number of pyridine rings is 2. The molecule has 0 amide bonds. The van der Waals surface area contributed by atoms with Crippen LogP contribution >= 0.6 is 0 Å². The summed E-state index contributed by atoms with van der Waals surface area (Å²) < 4.78 is 6.85. The van der Waals surface area contributed by atoms with Crippen LogP contribution in [0.1, 0.15) is 24.2 Å². The first-order chi connectivity index (χ1) is 10.7. The fourth-order valence-corrected chi connectivity index (χ4v) is 2.63. The Hall–Kier alpha value is -2.69. The Kier molecular flexibility index (Phi) is 3.63. The third kappa shape index (κ3) is 2.15. The maximum Gasteiger partial charge on any atom is 0.343 e. The smallest absolute Gasteiger partial charge is 0.343 e. The molecule has 0 radical (unpaired) electrons. The van der Waals surface area contributed by atoms with E-state index in [1.54, 1.807) is 25.4 Å². The monoisotopic (exact) mass is 296 g/mol. The van der Waals surface area contributed by atoms with Gasteiger partial charge in [-0.2, -0.15) is 0 Å². The predicted molar refractivity (Wildman–Crippen MR) is 85.1 cm³/mol. The van der Waals surface area contributed by atoms with Gasteiger partial charge >= 0.3 is 5.97 Å². The molecular weight excluding hydrogens is 280 g/mol. The summed E-state index contributed by atoms with van der Waals surface area (Å²) in [7, 11) is 0. The zero-order valence-electron chi connectivity index (χ0n) is 12.5. The molecule has 2 aromatic heterocycles. The van der Waals surface area contributed by atoms with E-state index in [-0.39, 0.29) is 17.6 Å². The van der Waals surface area contributed by atoms with Gasteiger partial charge < -0.3 is 9.30 Å². The second-order valence-electron chi connectivity index (χ2n) is 4.92. The van der Waals surface area contributed by atoms with Crippen LogP contribution in [0.3, 0.4) is 0 Å². The van der Waals surface area contributed by atoms with Crippen molar-refractivity contribution in [1.82, 2.24) is 9.55 Å². The van der Waals surface area contributed by atoms with E-state index in [4.69, 9.17) is 4.74 Å². The number of hydrogen-bond acceptors (Lipinski definition) is 4. The molecule has 0 fully saturated rings. The zero-order valence-corrected chi connectivity index (χ0v) is 12.5. The third-order valence-corrected chi connectivity index (χ3v) is 3.65. The van der Waals surface area contributed by atoms with E-state index in [2.05, 4.69) is 4.98 Å². The largest absolute Gasteiger partial charge is 0.462 e. The first-order valence-electron chi connectivity index (χ1n) is 7.25. The number of aryl methyl sites for hydroxylation is 1. The topological polar surface area (TPSA) is 61.2 Å².